The molecule has 15 heavy (non-hydrogen) atoms. The molecule has 0 bridgehead atoms. The summed E-state index contributed by atoms with van der Waals surface area (Å²) in [7, 11) is 1.90. The summed E-state index contributed by atoms with van der Waals surface area (Å²) in [6, 6.07) is -0.394. The van der Waals surface area contributed by atoms with Crippen LogP contribution in [0.5, 0.6) is 0 Å². The summed E-state index contributed by atoms with van der Waals surface area (Å²) in [5, 5.41) is 8.93. The van der Waals surface area contributed by atoms with Gasteiger partial charge in [-0.1, -0.05) is 20.8 Å². The first-order chi connectivity index (χ1) is 6.92. The standard InChI is InChI=1S/C12H25NO2/c1-6-12(7-2,8-3)9-13(5)10(4)11(14)15/h10H,6-9H2,1-5H3,(H,14,15). The molecule has 3 nitrogen and oxygen atoms in total. The monoisotopic (exact) mass is 215 g/mol. The number of aliphatic carboxylic acids is 1. The predicted molar refractivity (Wildman–Crippen MR) is 63.0 cm³/mol. The summed E-state index contributed by atoms with van der Waals surface area (Å²) < 4.78 is 0. The van der Waals surface area contributed by atoms with Crippen molar-refractivity contribution in [2.45, 2.75) is 53.0 Å². The molecule has 0 aliphatic rings. The Morgan fingerprint density at radius 3 is 1.93 bits per heavy atom. The summed E-state index contributed by atoms with van der Waals surface area (Å²) in [4.78, 5) is 12.8. The quantitative estimate of drug-likeness (QED) is 0.709. The number of likely N-dealkylation sites (N-methyl/N-ethyl adjacent to an activating group) is 1. The maximum atomic E-state index is 10.8. The molecule has 0 amide bonds. The van der Waals surface area contributed by atoms with Crippen LogP contribution in [0.25, 0.3) is 0 Å². The van der Waals surface area contributed by atoms with Crippen LogP contribution in [0.3, 0.4) is 0 Å². The molecule has 0 heterocycles. The summed E-state index contributed by atoms with van der Waals surface area (Å²) in [6.07, 6.45) is 3.32. The summed E-state index contributed by atoms with van der Waals surface area (Å²) in [6.45, 7) is 9.17. The SMILES string of the molecule is CCC(CC)(CC)CN(C)C(C)C(=O)O. The Balaban J connectivity index is 4.47. The fourth-order valence-electron chi connectivity index (χ4n) is 1.94. The molecule has 90 valence electrons. The number of hydrogen-bond acceptors (Lipinski definition) is 2. The van der Waals surface area contributed by atoms with Gasteiger partial charge in [0.15, 0.2) is 0 Å². The van der Waals surface area contributed by atoms with Crippen LogP contribution in [-0.4, -0.2) is 35.6 Å². The molecule has 0 aromatic rings. The van der Waals surface area contributed by atoms with E-state index in [1.165, 1.54) is 0 Å². The highest BCUT2D eigenvalue weighted by Crippen LogP contribution is 2.31. The van der Waals surface area contributed by atoms with E-state index in [-0.39, 0.29) is 5.41 Å². The second-order valence-electron chi connectivity index (χ2n) is 4.49. The van der Waals surface area contributed by atoms with Crippen LogP contribution in [0.2, 0.25) is 0 Å². The van der Waals surface area contributed by atoms with Gasteiger partial charge in [0.05, 0.1) is 0 Å². The third-order valence-electron chi connectivity index (χ3n) is 3.85. The fraction of sp³-hybridized carbons (Fsp3) is 0.917. The molecule has 0 aromatic carbocycles. The van der Waals surface area contributed by atoms with E-state index in [4.69, 9.17) is 5.11 Å². The molecule has 1 unspecified atom stereocenters. The lowest BCUT2D eigenvalue weighted by Gasteiger charge is -2.36. The Kier molecular flexibility index (Phi) is 5.88. The Morgan fingerprint density at radius 1 is 1.27 bits per heavy atom. The van der Waals surface area contributed by atoms with Gasteiger partial charge in [0, 0.05) is 6.54 Å². The van der Waals surface area contributed by atoms with Crippen molar-refractivity contribution in [2.75, 3.05) is 13.6 Å². The van der Waals surface area contributed by atoms with Crippen molar-refractivity contribution in [1.82, 2.24) is 4.90 Å². The van der Waals surface area contributed by atoms with Crippen LogP contribution in [0.1, 0.15) is 47.0 Å². The lowest BCUT2D eigenvalue weighted by molar-refractivity contribution is -0.142. The van der Waals surface area contributed by atoms with Gasteiger partial charge in [-0.15, -0.1) is 0 Å². The minimum Gasteiger partial charge on any atom is -0.480 e. The normalized spacial score (nSPS) is 14.3. The lowest BCUT2D eigenvalue weighted by Crippen LogP contribution is -2.43. The van der Waals surface area contributed by atoms with E-state index in [9.17, 15) is 4.79 Å². The number of carbonyl (C=O) groups is 1. The van der Waals surface area contributed by atoms with E-state index in [1.807, 2.05) is 11.9 Å². The van der Waals surface area contributed by atoms with Gasteiger partial charge in [-0.3, -0.25) is 9.69 Å². The van der Waals surface area contributed by atoms with Crippen molar-refractivity contribution in [3.63, 3.8) is 0 Å². The molecular formula is C12H25NO2. The average molecular weight is 215 g/mol. The highest BCUT2D eigenvalue weighted by Gasteiger charge is 2.28. The second kappa shape index (κ2) is 6.11. The smallest absolute Gasteiger partial charge is 0.320 e. The van der Waals surface area contributed by atoms with Crippen molar-refractivity contribution in [1.29, 1.82) is 0 Å². The molecule has 0 rings (SSSR count). The molecule has 0 saturated carbocycles. The number of rotatable bonds is 7. The third kappa shape index (κ3) is 3.82. The van der Waals surface area contributed by atoms with E-state index >= 15 is 0 Å². The molecule has 3 heteroatoms. The average Bonchev–Trinajstić information content (AvgIpc) is 2.24. The first kappa shape index (κ1) is 14.4. The van der Waals surface area contributed by atoms with Crippen LogP contribution < -0.4 is 0 Å². The Labute approximate surface area is 93.5 Å². The summed E-state index contributed by atoms with van der Waals surface area (Å²) >= 11 is 0. The number of hydrogen-bond donors (Lipinski definition) is 1. The maximum Gasteiger partial charge on any atom is 0.320 e. The van der Waals surface area contributed by atoms with E-state index in [1.54, 1.807) is 6.92 Å². The van der Waals surface area contributed by atoms with Crippen molar-refractivity contribution in [2.24, 2.45) is 5.41 Å². The molecular weight excluding hydrogens is 190 g/mol. The van der Waals surface area contributed by atoms with Gasteiger partial charge in [0.25, 0.3) is 0 Å². The van der Waals surface area contributed by atoms with E-state index in [2.05, 4.69) is 20.8 Å². The number of nitrogens with zero attached hydrogens (tertiary/aromatic N) is 1. The molecule has 0 radical (unpaired) electrons. The molecule has 0 aliphatic heterocycles. The first-order valence-electron chi connectivity index (χ1n) is 5.85. The van der Waals surface area contributed by atoms with Crippen molar-refractivity contribution in [3.8, 4) is 0 Å². The molecule has 1 N–H and O–H groups in total. The molecule has 1 atom stereocenters. The van der Waals surface area contributed by atoms with Crippen LogP contribution in [-0.2, 0) is 4.79 Å². The second-order valence-corrected chi connectivity index (χ2v) is 4.49. The molecule has 0 aliphatic carbocycles. The Hall–Kier alpha value is -0.570. The molecule has 0 aromatic heterocycles. The van der Waals surface area contributed by atoms with Gasteiger partial charge >= 0.3 is 5.97 Å². The summed E-state index contributed by atoms with van der Waals surface area (Å²) in [5.74, 6) is -0.741. The Bertz CT molecular complexity index is 192. The minimum atomic E-state index is -0.741. The fourth-order valence-corrected chi connectivity index (χ4v) is 1.94. The van der Waals surface area contributed by atoms with Gasteiger partial charge < -0.3 is 5.11 Å². The number of carboxylic acid groups (broad SMARTS) is 1. The van der Waals surface area contributed by atoms with Crippen LogP contribution >= 0.6 is 0 Å². The lowest BCUT2D eigenvalue weighted by atomic mass is 9.79. The zero-order valence-electron chi connectivity index (χ0n) is 10.7. The predicted octanol–water partition coefficient (Wildman–Crippen LogP) is 2.61. The molecule has 0 spiro atoms. The minimum absolute atomic E-state index is 0.276. The highest BCUT2D eigenvalue weighted by atomic mass is 16.4. The van der Waals surface area contributed by atoms with E-state index < -0.39 is 12.0 Å². The zero-order chi connectivity index (χ0) is 12.1. The van der Waals surface area contributed by atoms with E-state index in [0.717, 1.165) is 25.8 Å². The third-order valence-corrected chi connectivity index (χ3v) is 3.85. The highest BCUT2D eigenvalue weighted by molar-refractivity contribution is 5.72. The van der Waals surface area contributed by atoms with Gasteiger partial charge in [0.1, 0.15) is 6.04 Å². The van der Waals surface area contributed by atoms with Gasteiger partial charge in [-0.25, -0.2) is 0 Å². The maximum absolute atomic E-state index is 10.8. The molecule has 0 saturated heterocycles. The van der Waals surface area contributed by atoms with Gasteiger partial charge in [0.2, 0.25) is 0 Å². The molecule has 0 fully saturated rings. The number of carboxylic acids is 1. The Morgan fingerprint density at radius 2 is 1.67 bits per heavy atom. The van der Waals surface area contributed by atoms with Gasteiger partial charge in [-0.05, 0) is 38.6 Å². The zero-order valence-corrected chi connectivity index (χ0v) is 10.7. The van der Waals surface area contributed by atoms with Crippen molar-refractivity contribution < 1.29 is 9.90 Å². The topological polar surface area (TPSA) is 40.5 Å². The van der Waals surface area contributed by atoms with Gasteiger partial charge in [-0.2, -0.15) is 0 Å². The van der Waals surface area contributed by atoms with Crippen LogP contribution in [0.4, 0.5) is 0 Å². The van der Waals surface area contributed by atoms with Crippen molar-refractivity contribution >= 4 is 5.97 Å². The van der Waals surface area contributed by atoms with E-state index in [0.29, 0.717) is 0 Å². The largest absolute Gasteiger partial charge is 0.480 e. The summed E-state index contributed by atoms with van der Waals surface area (Å²) in [5.41, 5.74) is 0.276. The van der Waals surface area contributed by atoms with Crippen molar-refractivity contribution in [3.05, 3.63) is 0 Å². The van der Waals surface area contributed by atoms with Crippen LogP contribution in [0.15, 0.2) is 0 Å². The van der Waals surface area contributed by atoms with Crippen LogP contribution in [0, 0.1) is 5.41 Å². The first-order valence-corrected chi connectivity index (χ1v) is 5.85.